The van der Waals surface area contributed by atoms with Gasteiger partial charge in [0.15, 0.2) is 0 Å². The Kier molecular flexibility index (Phi) is 3.81. The van der Waals surface area contributed by atoms with Gasteiger partial charge < -0.3 is 5.32 Å². The normalized spacial score (nSPS) is 17.4. The molecule has 1 amide bonds. The quantitative estimate of drug-likeness (QED) is 0.916. The number of nitrogens with one attached hydrogen (secondary N) is 1. The molecule has 0 saturated heterocycles. The van der Waals surface area contributed by atoms with Crippen LogP contribution in [0.3, 0.4) is 0 Å². The molecule has 3 rings (SSSR count). The highest BCUT2D eigenvalue weighted by Crippen LogP contribution is 2.30. The molecule has 0 saturated carbocycles. The number of carbonyl (C=O) groups is 1. The summed E-state index contributed by atoms with van der Waals surface area (Å²) < 4.78 is 0. The third kappa shape index (κ3) is 3.16. The number of rotatable bonds is 2. The first-order valence-corrected chi connectivity index (χ1v) is 8.17. The minimum absolute atomic E-state index is 0.0677. The lowest BCUT2D eigenvalue weighted by atomic mass is 9.90. The lowest BCUT2D eigenvalue weighted by Crippen LogP contribution is -2.27. The van der Waals surface area contributed by atoms with Crippen LogP contribution in [0.5, 0.6) is 0 Å². The van der Waals surface area contributed by atoms with Crippen molar-refractivity contribution >= 4 is 22.9 Å². The fourth-order valence-electron chi connectivity index (χ4n) is 3.02. The third-order valence-electron chi connectivity index (χ3n) is 3.91. The number of aromatic nitrogens is 1. The highest BCUT2D eigenvalue weighted by molar-refractivity contribution is 7.11. The minimum Gasteiger partial charge on any atom is -0.326 e. The number of amides is 1. The van der Waals surface area contributed by atoms with Crippen molar-refractivity contribution in [3.05, 3.63) is 44.9 Å². The Labute approximate surface area is 129 Å². The van der Waals surface area contributed by atoms with Crippen LogP contribution < -0.4 is 5.32 Å². The van der Waals surface area contributed by atoms with Crippen molar-refractivity contribution in [1.82, 2.24) is 4.98 Å². The Hall–Kier alpha value is -1.68. The molecule has 21 heavy (non-hydrogen) atoms. The number of fused-ring (bicyclic) bond motifs is 1. The van der Waals surface area contributed by atoms with E-state index in [1.54, 1.807) is 11.3 Å². The molecule has 2 aromatic rings. The van der Waals surface area contributed by atoms with Crippen molar-refractivity contribution in [2.45, 2.75) is 40.0 Å². The summed E-state index contributed by atoms with van der Waals surface area (Å²) in [5.74, 6) is 0.204. The molecule has 0 aliphatic heterocycles. The van der Waals surface area contributed by atoms with E-state index in [2.05, 4.69) is 30.2 Å². The van der Waals surface area contributed by atoms with E-state index in [4.69, 9.17) is 0 Å². The zero-order chi connectivity index (χ0) is 15.0. The Bertz CT molecular complexity index is 670. The summed E-state index contributed by atoms with van der Waals surface area (Å²) in [6.45, 7) is 6.14. The molecule has 1 unspecified atom stereocenters. The summed E-state index contributed by atoms with van der Waals surface area (Å²) in [5, 5.41) is 4.18. The zero-order valence-corrected chi connectivity index (χ0v) is 13.5. The summed E-state index contributed by atoms with van der Waals surface area (Å²) in [4.78, 5) is 18.3. The lowest BCUT2D eigenvalue weighted by molar-refractivity contribution is -0.120. The van der Waals surface area contributed by atoms with Gasteiger partial charge in [0.2, 0.25) is 5.91 Å². The number of anilines is 1. The molecule has 0 radical (unpaired) electrons. The molecule has 1 aromatic carbocycles. The van der Waals surface area contributed by atoms with Crippen molar-refractivity contribution in [3.8, 4) is 0 Å². The number of thiazole rings is 1. The monoisotopic (exact) mass is 300 g/mol. The number of carbonyl (C=O) groups excluding carboxylic acids is 1. The first kappa shape index (κ1) is 14.3. The van der Waals surface area contributed by atoms with Gasteiger partial charge in [-0.15, -0.1) is 11.3 Å². The van der Waals surface area contributed by atoms with E-state index in [0.29, 0.717) is 0 Å². The number of nitrogens with zero attached hydrogens (tertiary/aromatic N) is 1. The molecule has 1 atom stereocenters. The molecular weight excluding hydrogens is 280 g/mol. The Morgan fingerprint density at radius 2 is 1.95 bits per heavy atom. The van der Waals surface area contributed by atoms with Crippen LogP contribution in [0.1, 0.15) is 33.1 Å². The smallest absolute Gasteiger partial charge is 0.227 e. The molecule has 1 aliphatic carbocycles. The molecule has 3 nitrogen and oxygen atoms in total. The molecule has 1 aromatic heterocycles. The summed E-state index contributed by atoms with van der Waals surface area (Å²) >= 11 is 1.73. The van der Waals surface area contributed by atoms with Gasteiger partial charge >= 0.3 is 0 Å². The first-order chi connectivity index (χ1) is 10.0. The van der Waals surface area contributed by atoms with Gasteiger partial charge in [-0.05, 0) is 63.3 Å². The minimum atomic E-state index is 0.0677. The van der Waals surface area contributed by atoms with Crippen LogP contribution in [-0.4, -0.2) is 10.9 Å². The van der Waals surface area contributed by atoms with E-state index in [9.17, 15) is 4.79 Å². The molecule has 0 bridgehead atoms. The second-order valence-electron chi connectivity index (χ2n) is 5.91. The topological polar surface area (TPSA) is 42.0 Å². The first-order valence-electron chi connectivity index (χ1n) is 7.35. The summed E-state index contributed by atoms with van der Waals surface area (Å²) in [6, 6.07) is 6.16. The van der Waals surface area contributed by atoms with E-state index >= 15 is 0 Å². The fraction of sp³-hybridized carbons (Fsp3) is 0.412. The van der Waals surface area contributed by atoms with Crippen LogP contribution in [0.4, 0.5) is 5.69 Å². The molecule has 1 N–H and O–H groups in total. The molecule has 4 heteroatoms. The average molecular weight is 300 g/mol. The van der Waals surface area contributed by atoms with Gasteiger partial charge in [0, 0.05) is 16.5 Å². The van der Waals surface area contributed by atoms with E-state index in [0.717, 1.165) is 30.0 Å². The van der Waals surface area contributed by atoms with Gasteiger partial charge in [-0.2, -0.15) is 0 Å². The predicted octanol–water partition coefficient (Wildman–Crippen LogP) is 3.81. The molecule has 0 spiro atoms. The summed E-state index contributed by atoms with van der Waals surface area (Å²) in [7, 11) is 0. The van der Waals surface area contributed by atoms with Gasteiger partial charge in [0.05, 0.1) is 10.7 Å². The van der Waals surface area contributed by atoms with Crippen LogP contribution in [0, 0.1) is 26.7 Å². The Morgan fingerprint density at radius 1 is 1.24 bits per heavy atom. The lowest BCUT2D eigenvalue weighted by Gasteiger charge is -2.20. The number of aryl methyl sites for hydroxylation is 4. The maximum absolute atomic E-state index is 12.5. The van der Waals surface area contributed by atoms with Crippen LogP contribution in [0.25, 0.3) is 0 Å². The maximum atomic E-state index is 12.5. The second-order valence-corrected chi connectivity index (χ2v) is 7.20. The van der Waals surface area contributed by atoms with Crippen molar-refractivity contribution in [2.75, 3.05) is 5.32 Å². The van der Waals surface area contributed by atoms with Crippen molar-refractivity contribution < 1.29 is 4.79 Å². The predicted molar refractivity (Wildman–Crippen MR) is 86.9 cm³/mol. The number of hydrogen-bond donors (Lipinski definition) is 1. The van der Waals surface area contributed by atoms with E-state index in [-0.39, 0.29) is 11.8 Å². The van der Waals surface area contributed by atoms with Crippen LogP contribution >= 0.6 is 11.3 Å². The SMILES string of the molecule is Cc1cc(C)cc(NC(=O)C2CCc3nc(C)sc3C2)c1. The summed E-state index contributed by atoms with van der Waals surface area (Å²) in [6.07, 6.45) is 2.65. The Morgan fingerprint density at radius 3 is 2.67 bits per heavy atom. The van der Waals surface area contributed by atoms with Crippen LogP contribution in [0.15, 0.2) is 18.2 Å². The van der Waals surface area contributed by atoms with Gasteiger partial charge in [0.1, 0.15) is 0 Å². The van der Waals surface area contributed by atoms with E-state index in [1.165, 1.54) is 21.7 Å². The van der Waals surface area contributed by atoms with Crippen molar-refractivity contribution in [2.24, 2.45) is 5.92 Å². The van der Waals surface area contributed by atoms with Gasteiger partial charge in [-0.1, -0.05) is 6.07 Å². The molecular formula is C17H20N2OS. The van der Waals surface area contributed by atoms with Crippen molar-refractivity contribution in [3.63, 3.8) is 0 Å². The van der Waals surface area contributed by atoms with Gasteiger partial charge in [0.25, 0.3) is 0 Å². The van der Waals surface area contributed by atoms with Crippen LogP contribution in [-0.2, 0) is 17.6 Å². The highest BCUT2D eigenvalue weighted by Gasteiger charge is 2.27. The maximum Gasteiger partial charge on any atom is 0.227 e. The van der Waals surface area contributed by atoms with Crippen molar-refractivity contribution in [1.29, 1.82) is 0 Å². The zero-order valence-electron chi connectivity index (χ0n) is 12.7. The summed E-state index contributed by atoms with van der Waals surface area (Å²) in [5.41, 5.74) is 4.46. The number of hydrogen-bond acceptors (Lipinski definition) is 3. The Balaban J connectivity index is 1.72. The molecule has 1 heterocycles. The molecule has 1 aliphatic rings. The molecule has 110 valence electrons. The van der Waals surface area contributed by atoms with E-state index in [1.807, 2.05) is 19.1 Å². The second kappa shape index (κ2) is 5.60. The third-order valence-corrected chi connectivity index (χ3v) is 4.94. The standard InChI is InChI=1S/C17H20N2OS/c1-10-6-11(2)8-14(7-10)19-17(20)13-4-5-15-16(9-13)21-12(3)18-15/h6-8,13H,4-5,9H2,1-3H3,(H,19,20). The van der Waals surface area contributed by atoms with Gasteiger partial charge in [-0.3, -0.25) is 4.79 Å². The largest absolute Gasteiger partial charge is 0.326 e. The molecule has 0 fully saturated rings. The van der Waals surface area contributed by atoms with Gasteiger partial charge in [-0.25, -0.2) is 4.98 Å². The fourth-order valence-corrected chi connectivity index (χ4v) is 4.08. The van der Waals surface area contributed by atoms with Crippen LogP contribution in [0.2, 0.25) is 0 Å². The average Bonchev–Trinajstić information content (AvgIpc) is 2.76. The number of benzene rings is 1. The van der Waals surface area contributed by atoms with E-state index < -0.39 is 0 Å². The highest BCUT2D eigenvalue weighted by atomic mass is 32.1.